The summed E-state index contributed by atoms with van der Waals surface area (Å²) in [5, 5.41) is 0. The van der Waals surface area contributed by atoms with E-state index in [0.717, 1.165) is 5.56 Å². The molecule has 1 aromatic carbocycles. The number of hydrogen-bond donors (Lipinski definition) is 1. The molecule has 0 saturated carbocycles. The highest BCUT2D eigenvalue weighted by Gasteiger charge is 1.96. The second-order valence-electron chi connectivity index (χ2n) is 2.23. The number of carbonyl (C=O) groups is 1. The molecule has 0 unspecified atom stereocenters. The van der Waals surface area contributed by atoms with Crippen LogP contribution in [0.25, 0.3) is 0 Å². The molecule has 2 nitrogen and oxygen atoms in total. The summed E-state index contributed by atoms with van der Waals surface area (Å²) in [5.41, 5.74) is 6.67. The van der Waals surface area contributed by atoms with Gasteiger partial charge < -0.3 is 5.73 Å². The summed E-state index contributed by atoms with van der Waals surface area (Å²) in [7, 11) is 0. The second-order valence-corrected chi connectivity index (χ2v) is 2.23. The summed E-state index contributed by atoms with van der Waals surface area (Å²) in [6, 6.07) is 7.21. The first-order valence-electron chi connectivity index (χ1n) is 3.06. The van der Waals surface area contributed by atoms with Crippen molar-refractivity contribution in [2.45, 2.75) is 6.92 Å². The molecule has 1 amide bonds. The minimum atomic E-state index is -0.372. The molecule has 0 heterocycles. The van der Waals surface area contributed by atoms with Crippen molar-refractivity contribution in [2.24, 2.45) is 5.73 Å². The Balaban J connectivity index is 0. The molecule has 0 radical (unpaired) electrons. The van der Waals surface area contributed by atoms with Gasteiger partial charge in [-0.15, -0.1) is 24.8 Å². The maximum atomic E-state index is 10.6. The minimum absolute atomic E-state index is 0. The maximum absolute atomic E-state index is 10.6. The lowest BCUT2D eigenvalue weighted by molar-refractivity contribution is 0.1000. The summed E-state index contributed by atoms with van der Waals surface area (Å²) in [5.74, 6) is -0.372. The van der Waals surface area contributed by atoms with Crippen molar-refractivity contribution in [2.75, 3.05) is 0 Å². The van der Waals surface area contributed by atoms with Crippen LogP contribution in [0.1, 0.15) is 15.9 Å². The van der Waals surface area contributed by atoms with Gasteiger partial charge in [0.25, 0.3) is 0 Å². The Bertz CT molecular complexity index is 263. The van der Waals surface area contributed by atoms with Crippen molar-refractivity contribution in [3.05, 3.63) is 35.4 Å². The van der Waals surface area contributed by atoms with Gasteiger partial charge in [0, 0.05) is 5.56 Å². The topological polar surface area (TPSA) is 43.1 Å². The number of aryl methyl sites for hydroxylation is 1. The van der Waals surface area contributed by atoms with Gasteiger partial charge in [-0.25, -0.2) is 0 Å². The van der Waals surface area contributed by atoms with Crippen LogP contribution < -0.4 is 5.73 Å². The van der Waals surface area contributed by atoms with Crippen LogP contribution in [0.2, 0.25) is 0 Å². The summed E-state index contributed by atoms with van der Waals surface area (Å²) in [6.45, 7) is 1.92. The zero-order valence-electron chi connectivity index (χ0n) is 6.61. The third-order valence-electron chi connectivity index (χ3n) is 1.30. The van der Waals surface area contributed by atoms with Crippen LogP contribution in [0.5, 0.6) is 0 Å². The summed E-state index contributed by atoms with van der Waals surface area (Å²) in [6.07, 6.45) is 0. The first-order chi connectivity index (χ1) is 4.70. The molecule has 0 saturated heterocycles. The zero-order valence-corrected chi connectivity index (χ0v) is 8.24. The average Bonchev–Trinajstić information content (AvgIpc) is 1.88. The molecule has 2 N–H and O–H groups in total. The van der Waals surface area contributed by atoms with Crippen LogP contribution in [0.4, 0.5) is 0 Å². The van der Waals surface area contributed by atoms with E-state index < -0.39 is 0 Å². The predicted molar refractivity (Wildman–Crippen MR) is 54.2 cm³/mol. The summed E-state index contributed by atoms with van der Waals surface area (Å²) in [4.78, 5) is 10.6. The Morgan fingerprint density at radius 1 is 1.33 bits per heavy atom. The van der Waals surface area contributed by atoms with Gasteiger partial charge in [0.05, 0.1) is 0 Å². The van der Waals surface area contributed by atoms with E-state index in [-0.39, 0.29) is 30.7 Å². The molecule has 1 aromatic rings. The summed E-state index contributed by atoms with van der Waals surface area (Å²) < 4.78 is 0. The van der Waals surface area contributed by atoms with Gasteiger partial charge in [-0.2, -0.15) is 0 Å². The molecule has 0 fully saturated rings. The highest BCUT2D eigenvalue weighted by molar-refractivity contribution is 5.92. The molecule has 12 heavy (non-hydrogen) atoms. The fraction of sp³-hybridized carbons (Fsp3) is 0.125. The molecule has 0 spiro atoms. The van der Waals surface area contributed by atoms with Crippen molar-refractivity contribution >= 4 is 30.7 Å². The Morgan fingerprint density at radius 2 is 1.92 bits per heavy atom. The molecule has 0 aliphatic carbocycles. The maximum Gasteiger partial charge on any atom is 0.248 e. The Morgan fingerprint density at radius 3 is 2.25 bits per heavy atom. The summed E-state index contributed by atoms with van der Waals surface area (Å²) >= 11 is 0. The molecular formula is C8H11Cl2NO. The van der Waals surface area contributed by atoms with E-state index in [9.17, 15) is 4.79 Å². The molecule has 0 atom stereocenters. The standard InChI is InChI=1S/C8H9NO.2ClH/c1-6-3-2-4-7(5-6)8(9)10;;/h2-5H,1H3,(H2,9,10);2*1H. The second kappa shape index (κ2) is 5.86. The average molecular weight is 208 g/mol. The normalized spacial score (nSPS) is 7.75. The van der Waals surface area contributed by atoms with Crippen molar-refractivity contribution in [1.82, 2.24) is 0 Å². The van der Waals surface area contributed by atoms with E-state index in [4.69, 9.17) is 5.73 Å². The molecule has 0 bridgehead atoms. The first kappa shape index (κ1) is 13.8. The first-order valence-corrected chi connectivity index (χ1v) is 3.06. The van der Waals surface area contributed by atoms with Gasteiger partial charge in [-0.1, -0.05) is 17.7 Å². The molecule has 4 heteroatoms. The molecule has 0 aromatic heterocycles. The molecule has 0 aliphatic rings. The largest absolute Gasteiger partial charge is 0.366 e. The van der Waals surface area contributed by atoms with E-state index in [1.165, 1.54) is 0 Å². The molecule has 68 valence electrons. The molecule has 1 rings (SSSR count). The number of hydrogen-bond acceptors (Lipinski definition) is 1. The number of nitrogens with two attached hydrogens (primary N) is 1. The lowest BCUT2D eigenvalue weighted by Crippen LogP contribution is -2.10. The lowest BCUT2D eigenvalue weighted by atomic mass is 10.1. The van der Waals surface area contributed by atoms with Crippen LogP contribution in [-0.2, 0) is 0 Å². The predicted octanol–water partition coefficient (Wildman–Crippen LogP) is 1.94. The highest BCUT2D eigenvalue weighted by Crippen LogP contribution is 2.01. The third kappa shape index (κ3) is 3.60. The number of primary amides is 1. The molecular weight excluding hydrogens is 197 g/mol. The smallest absolute Gasteiger partial charge is 0.248 e. The molecule has 0 aliphatic heterocycles. The monoisotopic (exact) mass is 207 g/mol. The number of halogens is 2. The highest BCUT2D eigenvalue weighted by atomic mass is 35.5. The van der Waals surface area contributed by atoms with E-state index in [2.05, 4.69) is 0 Å². The quantitative estimate of drug-likeness (QED) is 0.752. The lowest BCUT2D eigenvalue weighted by Gasteiger charge is -1.94. The number of carbonyl (C=O) groups excluding carboxylic acids is 1. The number of amides is 1. The van der Waals surface area contributed by atoms with Crippen LogP contribution >= 0.6 is 24.8 Å². The van der Waals surface area contributed by atoms with Gasteiger partial charge in [-0.3, -0.25) is 4.79 Å². The zero-order chi connectivity index (χ0) is 7.56. The van der Waals surface area contributed by atoms with Crippen molar-refractivity contribution < 1.29 is 4.79 Å². The SMILES string of the molecule is Cc1cccc(C(N)=O)c1.Cl.Cl. The van der Waals surface area contributed by atoms with Gasteiger partial charge in [-0.05, 0) is 19.1 Å². The van der Waals surface area contributed by atoms with Crippen molar-refractivity contribution in [3.63, 3.8) is 0 Å². The van der Waals surface area contributed by atoms with Crippen LogP contribution in [0.3, 0.4) is 0 Å². The van der Waals surface area contributed by atoms with Crippen LogP contribution in [0.15, 0.2) is 24.3 Å². The van der Waals surface area contributed by atoms with E-state index >= 15 is 0 Å². The van der Waals surface area contributed by atoms with Crippen LogP contribution in [-0.4, -0.2) is 5.91 Å². The van der Waals surface area contributed by atoms with Crippen molar-refractivity contribution in [1.29, 1.82) is 0 Å². The number of benzene rings is 1. The van der Waals surface area contributed by atoms with E-state index in [1.807, 2.05) is 19.1 Å². The minimum Gasteiger partial charge on any atom is -0.366 e. The van der Waals surface area contributed by atoms with Gasteiger partial charge in [0.15, 0.2) is 0 Å². The van der Waals surface area contributed by atoms with E-state index in [0.29, 0.717) is 5.56 Å². The fourth-order valence-corrected chi connectivity index (χ4v) is 0.798. The van der Waals surface area contributed by atoms with E-state index in [1.54, 1.807) is 12.1 Å². The Kier molecular flexibility index (Phi) is 6.76. The van der Waals surface area contributed by atoms with Gasteiger partial charge in [0.2, 0.25) is 5.91 Å². The Labute approximate surface area is 84.0 Å². The fourth-order valence-electron chi connectivity index (χ4n) is 0.798. The third-order valence-corrected chi connectivity index (χ3v) is 1.30. The number of rotatable bonds is 1. The van der Waals surface area contributed by atoms with Crippen molar-refractivity contribution in [3.8, 4) is 0 Å². The van der Waals surface area contributed by atoms with Gasteiger partial charge >= 0.3 is 0 Å². The van der Waals surface area contributed by atoms with Gasteiger partial charge in [0.1, 0.15) is 0 Å². The Hall–Kier alpha value is -0.730. The van der Waals surface area contributed by atoms with Crippen LogP contribution in [0, 0.1) is 6.92 Å².